The van der Waals surface area contributed by atoms with Crippen molar-refractivity contribution in [3.8, 4) is 0 Å². The van der Waals surface area contributed by atoms with Gasteiger partial charge in [-0.05, 0) is 18.8 Å². The molecule has 0 aromatic heterocycles. The minimum Gasteiger partial charge on any atom is -0.354 e. The molecule has 6 nitrogen and oxygen atoms in total. The van der Waals surface area contributed by atoms with Crippen LogP contribution in [0.25, 0.3) is 0 Å². The minimum absolute atomic E-state index is 0.170. The molecule has 0 radical (unpaired) electrons. The number of carbonyl (C=O) groups is 3. The van der Waals surface area contributed by atoms with E-state index < -0.39 is 5.54 Å². The van der Waals surface area contributed by atoms with Crippen LogP contribution in [0.5, 0.6) is 0 Å². The van der Waals surface area contributed by atoms with Gasteiger partial charge in [0.05, 0.1) is 0 Å². The number of amides is 4. The Morgan fingerprint density at radius 2 is 1.86 bits per heavy atom. The van der Waals surface area contributed by atoms with E-state index in [1.165, 1.54) is 0 Å². The molecule has 1 saturated heterocycles. The summed E-state index contributed by atoms with van der Waals surface area (Å²) in [5.41, 5.74) is -0.701. The lowest BCUT2D eigenvalue weighted by atomic mass is 9.81. The first-order valence-electron chi connectivity index (χ1n) is 7.75. The smallest absolute Gasteiger partial charge is 0.327 e. The third-order valence-electron chi connectivity index (χ3n) is 4.49. The second kappa shape index (κ2) is 6.03. The molecule has 2 fully saturated rings. The molecule has 0 aromatic carbocycles. The number of carbonyl (C=O) groups excluding carboxylic acids is 3. The molecule has 1 N–H and O–H groups in total. The highest BCUT2D eigenvalue weighted by atomic mass is 16.2. The van der Waals surface area contributed by atoms with Crippen LogP contribution in [0, 0.1) is 5.92 Å². The van der Waals surface area contributed by atoms with Crippen LogP contribution in [0.15, 0.2) is 0 Å². The first kappa shape index (κ1) is 15.8. The largest absolute Gasteiger partial charge is 0.354 e. The fraction of sp³-hybridized carbons (Fsp3) is 0.800. The van der Waals surface area contributed by atoms with E-state index in [4.69, 9.17) is 0 Å². The van der Waals surface area contributed by atoms with E-state index in [9.17, 15) is 14.4 Å². The highest BCUT2D eigenvalue weighted by Crippen LogP contribution is 2.39. The van der Waals surface area contributed by atoms with Gasteiger partial charge >= 0.3 is 6.03 Å². The lowest BCUT2D eigenvalue weighted by Crippen LogP contribution is -2.49. The van der Waals surface area contributed by atoms with Gasteiger partial charge in [0.25, 0.3) is 5.91 Å². The maximum atomic E-state index is 12.7. The number of urea groups is 1. The first-order chi connectivity index (χ1) is 9.88. The molecule has 6 heteroatoms. The van der Waals surface area contributed by atoms with E-state index in [0.29, 0.717) is 25.3 Å². The van der Waals surface area contributed by atoms with Crippen LogP contribution in [0.2, 0.25) is 0 Å². The van der Waals surface area contributed by atoms with Crippen molar-refractivity contribution in [3.63, 3.8) is 0 Å². The Bertz CT molecular complexity index is 441. The van der Waals surface area contributed by atoms with Crippen molar-refractivity contribution in [2.75, 3.05) is 20.1 Å². The van der Waals surface area contributed by atoms with E-state index in [-0.39, 0.29) is 24.4 Å². The quantitative estimate of drug-likeness (QED) is 0.796. The summed E-state index contributed by atoms with van der Waals surface area (Å²) in [5.74, 6) is -0.132. The Hall–Kier alpha value is -1.59. The molecule has 21 heavy (non-hydrogen) atoms. The summed E-state index contributed by atoms with van der Waals surface area (Å²) < 4.78 is 0. The zero-order valence-corrected chi connectivity index (χ0v) is 13.1. The highest BCUT2D eigenvalue weighted by molar-refractivity contribution is 6.08. The molecule has 1 saturated carbocycles. The Morgan fingerprint density at radius 1 is 1.24 bits per heavy atom. The molecule has 1 spiro atoms. The topological polar surface area (TPSA) is 69.7 Å². The predicted molar refractivity (Wildman–Crippen MR) is 78.5 cm³/mol. The molecule has 0 bridgehead atoms. The number of nitrogens with one attached hydrogen (secondary N) is 1. The number of hydrogen-bond acceptors (Lipinski definition) is 3. The van der Waals surface area contributed by atoms with Crippen molar-refractivity contribution in [2.45, 2.75) is 51.5 Å². The summed E-state index contributed by atoms with van der Waals surface area (Å²) in [6.07, 6.45) is 4.43. The minimum atomic E-state index is -0.701. The summed E-state index contributed by atoms with van der Waals surface area (Å²) >= 11 is 0. The van der Waals surface area contributed by atoms with Gasteiger partial charge < -0.3 is 10.2 Å². The number of nitrogens with zero attached hydrogens (tertiary/aromatic N) is 2. The molecular formula is C15H25N3O3. The van der Waals surface area contributed by atoms with Crippen molar-refractivity contribution in [3.05, 3.63) is 0 Å². The maximum absolute atomic E-state index is 12.7. The van der Waals surface area contributed by atoms with Crippen molar-refractivity contribution >= 4 is 17.8 Å². The van der Waals surface area contributed by atoms with Crippen molar-refractivity contribution in [2.24, 2.45) is 5.92 Å². The van der Waals surface area contributed by atoms with E-state index in [1.807, 2.05) is 13.8 Å². The van der Waals surface area contributed by atoms with E-state index in [0.717, 1.165) is 24.2 Å². The van der Waals surface area contributed by atoms with Crippen LogP contribution >= 0.6 is 0 Å². The molecular weight excluding hydrogens is 270 g/mol. The molecule has 2 aliphatic rings. The van der Waals surface area contributed by atoms with Gasteiger partial charge in [-0.15, -0.1) is 0 Å². The van der Waals surface area contributed by atoms with Gasteiger partial charge in [0.1, 0.15) is 12.1 Å². The Morgan fingerprint density at radius 3 is 2.43 bits per heavy atom. The van der Waals surface area contributed by atoms with Crippen LogP contribution < -0.4 is 5.32 Å². The molecule has 4 amide bonds. The van der Waals surface area contributed by atoms with Crippen LogP contribution in [-0.2, 0) is 9.59 Å². The molecule has 0 aromatic rings. The van der Waals surface area contributed by atoms with Gasteiger partial charge in [-0.2, -0.15) is 0 Å². The van der Waals surface area contributed by atoms with E-state index >= 15 is 0 Å². The molecule has 1 heterocycles. The number of imide groups is 1. The van der Waals surface area contributed by atoms with Gasteiger partial charge in [-0.3, -0.25) is 14.5 Å². The average molecular weight is 295 g/mol. The highest BCUT2D eigenvalue weighted by Gasteiger charge is 2.55. The fourth-order valence-corrected chi connectivity index (χ4v) is 3.19. The van der Waals surface area contributed by atoms with Gasteiger partial charge in [-0.1, -0.05) is 33.1 Å². The Labute approximate surface area is 125 Å². The second-order valence-corrected chi connectivity index (χ2v) is 6.52. The fourth-order valence-electron chi connectivity index (χ4n) is 3.19. The van der Waals surface area contributed by atoms with Crippen molar-refractivity contribution < 1.29 is 14.4 Å². The molecule has 1 aliphatic heterocycles. The van der Waals surface area contributed by atoms with Gasteiger partial charge in [-0.25, -0.2) is 4.79 Å². The SMILES string of the molecule is CC(C)CNC(=O)CN1C(=O)N(C)C2(CCCCC2)C1=O. The summed E-state index contributed by atoms with van der Waals surface area (Å²) in [7, 11) is 1.68. The van der Waals surface area contributed by atoms with Gasteiger partial charge in [0.15, 0.2) is 0 Å². The molecule has 2 rings (SSSR count). The third kappa shape index (κ3) is 2.89. The van der Waals surface area contributed by atoms with E-state index in [1.54, 1.807) is 11.9 Å². The Balaban J connectivity index is 2.05. The van der Waals surface area contributed by atoms with Gasteiger partial charge in [0, 0.05) is 13.6 Å². The van der Waals surface area contributed by atoms with Crippen molar-refractivity contribution in [1.82, 2.24) is 15.1 Å². The summed E-state index contributed by atoms with van der Waals surface area (Å²) in [6, 6.07) is -0.346. The molecule has 1 aliphatic carbocycles. The monoisotopic (exact) mass is 295 g/mol. The number of hydrogen-bond donors (Lipinski definition) is 1. The van der Waals surface area contributed by atoms with Gasteiger partial charge in [0.2, 0.25) is 5.91 Å². The zero-order chi connectivity index (χ0) is 15.6. The first-order valence-corrected chi connectivity index (χ1v) is 7.75. The summed E-state index contributed by atoms with van der Waals surface area (Å²) in [5, 5.41) is 2.75. The van der Waals surface area contributed by atoms with Crippen LogP contribution in [0.3, 0.4) is 0 Å². The number of rotatable bonds is 4. The van der Waals surface area contributed by atoms with Crippen molar-refractivity contribution in [1.29, 1.82) is 0 Å². The van der Waals surface area contributed by atoms with Crippen LogP contribution in [-0.4, -0.2) is 53.3 Å². The average Bonchev–Trinajstić information content (AvgIpc) is 2.62. The molecule has 0 atom stereocenters. The lowest BCUT2D eigenvalue weighted by molar-refractivity contribution is -0.137. The summed E-state index contributed by atoms with van der Waals surface area (Å²) in [6.45, 7) is 4.38. The summed E-state index contributed by atoms with van der Waals surface area (Å²) in [4.78, 5) is 39.5. The second-order valence-electron chi connectivity index (χ2n) is 6.52. The van der Waals surface area contributed by atoms with Crippen LogP contribution in [0.4, 0.5) is 4.79 Å². The Kier molecular flexibility index (Phi) is 4.54. The lowest BCUT2D eigenvalue weighted by Gasteiger charge is -2.35. The predicted octanol–water partition coefficient (Wildman–Crippen LogP) is 1.36. The third-order valence-corrected chi connectivity index (χ3v) is 4.49. The normalized spacial score (nSPS) is 21.5. The maximum Gasteiger partial charge on any atom is 0.327 e. The van der Waals surface area contributed by atoms with E-state index in [2.05, 4.69) is 5.32 Å². The molecule has 0 unspecified atom stereocenters. The zero-order valence-electron chi connectivity index (χ0n) is 13.1. The number of likely N-dealkylation sites (N-methyl/N-ethyl adjacent to an activating group) is 1. The molecule has 118 valence electrons. The van der Waals surface area contributed by atoms with Crippen LogP contribution in [0.1, 0.15) is 46.0 Å². The standard InChI is InChI=1S/C15H25N3O3/c1-11(2)9-16-12(19)10-18-13(20)15(17(3)14(18)21)7-5-4-6-8-15/h11H,4-10H2,1-3H3,(H,16,19).